The van der Waals surface area contributed by atoms with Crippen LogP contribution in [0.3, 0.4) is 0 Å². The fraction of sp³-hybridized carbons (Fsp3) is 0.500. The molecular formula is C14H19NO4S. The Bertz CT molecular complexity index is 610. The molecule has 1 fully saturated rings. The number of amides is 1. The Balaban J connectivity index is 2.13. The van der Waals surface area contributed by atoms with Crippen LogP contribution in [0.5, 0.6) is 5.75 Å². The van der Waals surface area contributed by atoms with Gasteiger partial charge in [0.1, 0.15) is 5.75 Å². The molecule has 1 amide bonds. The summed E-state index contributed by atoms with van der Waals surface area (Å²) in [6.07, 6.45) is 1.16. The molecule has 20 heavy (non-hydrogen) atoms. The zero-order chi connectivity index (χ0) is 14.8. The molecule has 0 bridgehead atoms. The Morgan fingerprint density at radius 3 is 2.80 bits per heavy atom. The van der Waals surface area contributed by atoms with Crippen molar-refractivity contribution in [1.29, 1.82) is 0 Å². The summed E-state index contributed by atoms with van der Waals surface area (Å²) < 4.78 is 28.4. The Kier molecular flexibility index (Phi) is 4.32. The second-order valence-electron chi connectivity index (χ2n) is 5.15. The molecule has 0 radical (unpaired) electrons. The average Bonchev–Trinajstić information content (AvgIpc) is 2.38. The molecule has 1 aliphatic rings. The fourth-order valence-electron chi connectivity index (χ4n) is 2.38. The van der Waals surface area contributed by atoms with Crippen molar-refractivity contribution in [3.05, 3.63) is 23.8 Å². The van der Waals surface area contributed by atoms with Crippen LogP contribution in [0.2, 0.25) is 0 Å². The van der Waals surface area contributed by atoms with Crippen LogP contribution in [-0.2, 0) is 14.6 Å². The van der Waals surface area contributed by atoms with Crippen LogP contribution < -0.4 is 10.1 Å². The highest BCUT2D eigenvalue weighted by atomic mass is 32.2. The molecule has 1 N–H and O–H groups in total. The minimum Gasteiger partial charge on any atom is -0.495 e. The number of rotatable bonds is 3. The van der Waals surface area contributed by atoms with Gasteiger partial charge in [-0.15, -0.1) is 0 Å². The van der Waals surface area contributed by atoms with E-state index in [2.05, 4.69) is 5.32 Å². The van der Waals surface area contributed by atoms with E-state index in [1.165, 1.54) is 7.11 Å². The average molecular weight is 297 g/mol. The van der Waals surface area contributed by atoms with Crippen LogP contribution in [0.1, 0.15) is 18.4 Å². The predicted octanol–water partition coefficient (Wildman–Crippen LogP) is 1.77. The van der Waals surface area contributed by atoms with E-state index in [0.717, 1.165) is 5.56 Å². The Morgan fingerprint density at radius 2 is 2.15 bits per heavy atom. The first-order valence-electron chi connectivity index (χ1n) is 6.57. The third-order valence-corrected chi connectivity index (χ3v) is 5.27. The molecule has 2 rings (SSSR count). The zero-order valence-corrected chi connectivity index (χ0v) is 12.5. The molecule has 0 aromatic heterocycles. The standard InChI is InChI=1S/C14H19NO4S/c1-10-5-6-13(19-2)12(8-10)15-14(16)11-4-3-7-20(17,18)9-11/h5-6,8,11H,3-4,7,9H2,1-2H3,(H,15,16). The molecule has 0 aliphatic carbocycles. The lowest BCUT2D eigenvalue weighted by Crippen LogP contribution is -2.34. The van der Waals surface area contributed by atoms with E-state index in [0.29, 0.717) is 24.3 Å². The quantitative estimate of drug-likeness (QED) is 0.923. The van der Waals surface area contributed by atoms with Gasteiger partial charge in [0.15, 0.2) is 9.84 Å². The summed E-state index contributed by atoms with van der Waals surface area (Å²) in [6, 6.07) is 5.48. The van der Waals surface area contributed by atoms with Crippen molar-refractivity contribution < 1.29 is 17.9 Å². The van der Waals surface area contributed by atoms with Crippen LogP contribution in [-0.4, -0.2) is 32.9 Å². The summed E-state index contributed by atoms with van der Waals surface area (Å²) in [5.74, 6) is -0.0314. The first-order chi connectivity index (χ1) is 9.41. The largest absolute Gasteiger partial charge is 0.495 e. The highest BCUT2D eigenvalue weighted by Crippen LogP contribution is 2.27. The van der Waals surface area contributed by atoms with Gasteiger partial charge in [-0.3, -0.25) is 4.79 Å². The second kappa shape index (κ2) is 5.83. The van der Waals surface area contributed by atoms with Gasteiger partial charge in [0.25, 0.3) is 0 Å². The summed E-state index contributed by atoms with van der Waals surface area (Å²) in [7, 11) is -1.55. The topological polar surface area (TPSA) is 72.5 Å². The Labute approximate surface area is 119 Å². The minimum absolute atomic E-state index is 0.0625. The van der Waals surface area contributed by atoms with E-state index in [1.807, 2.05) is 19.1 Å². The summed E-state index contributed by atoms with van der Waals surface area (Å²) in [4.78, 5) is 12.2. The molecular weight excluding hydrogens is 278 g/mol. The van der Waals surface area contributed by atoms with E-state index in [1.54, 1.807) is 6.07 Å². The molecule has 5 nitrogen and oxygen atoms in total. The maximum Gasteiger partial charge on any atom is 0.228 e. The highest BCUT2D eigenvalue weighted by Gasteiger charge is 2.30. The number of hydrogen-bond acceptors (Lipinski definition) is 4. The van der Waals surface area contributed by atoms with Gasteiger partial charge in [0, 0.05) is 0 Å². The van der Waals surface area contributed by atoms with Crippen LogP contribution >= 0.6 is 0 Å². The summed E-state index contributed by atoms with van der Waals surface area (Å²) >= 11 is 0. The number of ether oxygens (including phenoxy) is 1. The number of hydrogen-bond donors (Lipinski definition) is 1. The number of sulfone groups is 1. The number of benzene rings is 1. The molecule has 1 atom stereocenters. The van der Waals surface area contributed by atoms with Gasteiger partial charge in [-0.1, -0.05) is 6.07 Å². The second-order valence-corrected chi connectivity index (χ2v) is 7.38. The van der Waals surface area contributed by atoms with Crippen molar-refractivity contribution in [2.24, 2.45) is 5.92 Å². The number of carbonyl (C=O) groups excluding carboxylic acids is 1. The number of carbonyl (C=O) groups is 1. The van der Waals surface area contributed by atoms with Crippen molar-refractivity contribution in [1.82, 2.24) is 0 Å². The first-order valence-corrected chi connectivity index (χ1v) is 8.39. The zero-order valence-electron chi connectivity index (χ0n) is 11.7. The van der Waals surface area contributed by atoms with Crippen LogP contribution in [0.15, 0.2) is 18.2 Å². The van der Waals surface area contributed by atoms with Crippen molar-refractivity contribution in [2.75, 3.05) is 23.9 Å². The van der Waals surface area contributed by atoms with Crippen LogP contribution in [0, 0.1) is 12.8 Å². The van der Waals surface area contributed by atoms with Crippen molar-refractivity contribution in [3.8, 4) is 5.75 Å². The third kappa shape index (κ3) is 3.50. The van der Waals surface area contributed by atoms with Crippen molar-refractivity contribution in [3.63, 3.8) is 0 Å². The number of anilines is 1. The first kappa shape index (κ1) is 14.8. The molecule has 6 heteroatoms. The highest BCUT2D eigenvalue weighted by molar-refractivity contribution is 7.91. The van der Waals surface area contributed by atoms with E-state index in [9.17, 15) is 13.2 Å². The normalized spacial score (nSPS) is 21.2. The summed E-state index contributed by atoms with van der Waals surface area (Å²) in [6.45, 7) is 1.92. The van der Waals surface area contributed by atoms with Crippen molar-refractivity contribution >= 4 is 21.4 Å². The molecule has 1 unspecified atom stereocenters. The molecule has 1 aromatic carbocycles. The van der Waals surface area contributed by atoms with Crippen LogP contribution in [0.25, 0.3) is 0 Å². The maximum atomic E-state index is 12.2. The molecule has 0 saturated carbocycles. The number of methoxy groups -OCH3 is 1. The van der Waals surface area contributed by atoms with E-state index >= 15 is 0 Å². The lowest BCUT2D eigenvalue weighted by Gasteiger charge is -2.21. The Hall–Kier alpha value is -1.56. The predicted molar refractivity (Wildman–Crippen MR) is 77.7 cm³/mol. The molecule has 110 valence electrons. The number of nitrogens with one attached hydrogen (secondary N) is 1. The lowest BCUT2D eigenvalue weighted by molar-refractivity contribution is -0.119. The van der Waals surface area contributed by atoms with Gasteiger partial charge in [0.2, 0.25) is 5.91 Å². The van der Waals surface area contributed by atoms with Gasteiger partial charge in [0.05, 0.1) is 30.2 Å². The molecule has 1 aliphatic heterocycles. The number of aryl methyl sites for hydroxylation is 1. The maximum absolute atomic E-state index is 12.2. The summed E-state index contributed by atoms with van der Waals surface area (Å²) in [5.41, 5.74) is 1.58. The SMILES string of the molecule is COc1ccc(C)cc1NC(=O)C1CCCS(=O)(=O)C1. The van der Waals surface area contributed by atoms with Gasteiger partial charge in [-0.2, -0.15) is 0 Å². The Morgan fingerprint density at radius 1 is 1.40 bits per heavy atom. The van der Waals surface area contributed by atoms with E-state index in [4.69, 9.17) is 4.74 Å². The van der Waals surface area contributed by atoms with E-state index < -0.39 is 15.8 Å². The van der Waals surface area contributed by atoms with Gasteiger partial charge in [-0.05, 0) is 37.5 Å². The van der Waals surface area contributed by atoms with Gasteiger partial charge >= 0.3 is 0 Å². The van der Waals surface area contributed by atoms with Crippen molar-refractivity contribution in [2.45, 2.75) is 19.8 Å². The van der Waals surface area contributed by atoms with Gasteiger partial charge in [-0.25, -0.2) is 8.42 Å². The van der Waals surface area contributed by atoms with Crippen LogP contribution in [0.4, 0.5) is 5.69 Å². The molecule has 1 heterocycles. The fourth-order valence-corrected chi connectivity index (χ4v) is 4.09. The molecule has 1 aromatic rings. The third-order valence-electron chi connectivity index (χ3n) is 3.45. The molecule has 1 saturated heterocycles. The monoisotopic (exact) mass is 297 g/mol. The van der Waals surface area contributed by atoms with E-state index in [-0.39, 0.29) is 17.4 Å². The molecule has 0 spiro atoms. The summed E-state index contributed by atoms with van der Waals surface area (Å²) in [5, 5.41) is 2.78. The smallest absolute Gasteiger partial charge is 0.228 e. The van der Waals surface area contributed by atoms with Gasteiger partial charge < -0.3 is 10.1 Å². The minimum atomic E-state index is -3.09. The lowest BCUT2D eigenvalue weighted by atomic mass is 10.0.